The van der Waals surface area contributed by atoms with Gasteiger partial charge in [-0.3, -0.25) is 0 Å². The van der Waals surface area contributed by atoms with Gasteiger partial charge in [0.05, 0.1) is 5.60 Å². The highest BCUT2D eigenvalue weighted by atomic mass is 16.5. The second-order valence-electron chi connectivity index (χ2n) is 5.16. The summed E-state index contributed by atoms with van der Waals surface area (Å²) in [6.45, 7) is 10.0. The second kappa shape index (κ2) is 5.72. The van der Waals surface area contributed by atoms with Crippen LogP contribution in [-0.2, 0) is 4.74 Å². The predicted octanol–water partition coefficient (Wildman–Crippen LogP) is 2.83. The van der Waals surface area contributed by atoms with Gasteiger partial charge in [-0.25, -0.2) is 0 Å². The summed E-state index contributed by atoms with van der Waals surface area (Å²) in [6.07, 6.45) is 3.55. The van der Waals surface area contributed by atoms with Gasteiger partial charge < -0.3 is 10.1 Å². The molecule has 2 heteroatoms. The van der Waals surface area contributed by atoms with Crippen LogP contribution in [0.3, 0.4) is 0 Å². The molecule has 0 saturated heterocycles. The third-order valence-corrected chi connectivity index (χ3v) is 3.34. The first kappa shape index (κ1) is 13.9. The highest BCUT2D eigenvalue weighted by Gasteiger charge is 2.25. The maximum atomic E-state index is 5.44. The van der Waals surface area contributed by atoms with Crippen molar-refractivity contribution in [3.63, 3.8) is 0 Å². The summed E-state index contributed by atoms with van der Waals surface area (Å²) in [5.74, 6) is 0. The fraction of sp³-hybridized carbons (Fsp3) is 1.00. The summed E-state index contributed by atoms with van der Waals surface area (Å²) < 4.78 is 5.44. The third-order valence-electron chi connectivity index (χ3n) is 3.34. The van der Waals surface area contributed by atoms with Crippen LogP contribution < -0.4 is 5.32 Å². The summed E-state index contributed by atoms with van der Waals surface area (Å²) >= 11 is 0. The molecule has 0 rings (SSSR count). The molecule has 1 unspecified atom stereocenters. The van der Waals surface area contributed by atoms with Crippen molar-refractivity contribution >= 4 is 0 Å². The van der Waals surface area contributed by atoms with Crippen LogP contribution in [0.1, 0.15) is 47.0 Å². The Labute approximate surface area is 89.4 Å². The van der Waals surface area contributed by atoms with Crippen molar-refractivity contribution in [1.29, 1.82) is 0 Å². The quantitative estimate of drug-likeness (QED) is 0.684. The van der Waals surface area contributed by atoms with Crippen molar-refractivity contribution < 1.29 is 4.74 Å². The Morgan fingerprint density at radius 3 is 2.07 bits per heavy atom. The van der Waals surface area contributed by atoms with E-state index >= 15 is 0 Å². The fourth-order valence-corrected chi connectivity index (χ4v) is 1.52. The monoisotopic (exact) mass is 201 g/mol. The van der Waals surface area contributed by atoms with Gasteiger partial charge in [0.2, 0.25) is 0 Å². The predicted molar refractivity (Wildman–Crippen MR) is 62.6 cm³/mol. The summed E-state index contributed by atoms with van der Waals surface area (Å²) in [5, 5.41) is 3.27. The Hall–Kier alpha value is -0.0800. The molecule has 14 heavy (non-hydrogen) atoms. The number of hydrogen-bond acceptors (Lipinski definition) is 2. The van der Waals surface area contributed by atoms with Crippen molar-refractivity contribution in [2.75, 3.05) is 20.7 Å². The average Bonchev–Trinajstić information content (AvgIpc) is 2.16. The molecule has 0 amide bonds. The van der Waals surface area contributed by atoms with E-state index in [-0.39, 0.29) is 5.60 Å². The van der Waals surface area contributed by atoms with Crippen LogP contribution in [0.5, 0.6) is 0 Å². The van der Waals surface area contributed by atoms with Crippen LogP contribution >= 0.6 is 0 Å². The molecule has 0 fully saturated rings. The largest absolute Gasteiger partial charge is 0.379 e. The van der Waals surface area contributed by atoms with Crippen LogP contribution in [-0.4, -0.2) is 26.3 Å². The Morgan fingerprint density at radius 2 is 1.71 bits per heavy atom. The molecule has 0 aromatic carbocycles. The maximum Gasteiger partial charge on any atom is 0.0623 e. The smallest absolute Gasteiger partial charge is 0.0623 e. The molecule has 0 bridgehead atoms. The van der Waals surface area contributed by atoms with Crippen LogP contribution in [0.15, 0.2) is 0 Å². The topological polar surface area (TPSA) is 21.3 Å². The number of nitrogens with one attached hydrogen (secondary N) is 1. The molecule has 0 heterocycles. The molecule has 0 saturated carbocycles. The van der Waals surface area contributed by atoms with E-state index in [0.29, 0.717) is 5.41 Å². The molecule has 0 aliphatic heterocycles. The van der Waals surface area contributed by atoms with Crippen molar-refractivity contribution in [1.82, 2.24) is 5.32 Å². The van der Waals surface area contributed by atoms with Gasteiger partial charge in [0.25, 0.3) is 0 Å². The van der Waals surface area contributed by atoms with Crippen molar-refractivity contribution in [3.05, 3.63) is 0 Å². The highest BCUT2D eigenvalue weighted by Crippen LogP contribution is 2.30. The molecule has 0 aromatic heterocycles. The van der Waals surface area contributed by atoms with Crippen LogP contribution in [0, 0.1) is 5.41 Å². The van der Waals surface area contributed by atoms with Gasteiger partial charge in [0.15, 0.2) is 0 Å². The molecule has 2 nitrogen and oxygen atoms in total. The van der Waals surface area contributed by atoms with Gasteiger partial charge in [0, 0.05) is 13.7 Å². The van der Waals surface area contributed by atoms with Crippen LogP contribution in [0.25, 0.3) is 0 Å². The van der Waals surface area contributed by atoms with E-state index < -0.39 is 0 Å². The first-order valence-corrected chi connectivity index (χ1v) is 5.59. The minimum Gasteiger partial charge on any atom is -0.379 e. The second-order valence-corrected chi connectivity index (χ2v) is 5.16. The van der Waals surface area contributed by atoms with Gasteiger partial charge in [-0.1, -0.05) is 13.8 Å². The summed E-state index contributed by atoms with van der Waals surface area (Å²) in [5.41, 5.74) is 0.425. The molecule has 86 valence electrons. The molecular weight excluding hydrogens is 174 g/mol. The minimum absolute atomic E-state index is 0.0180. The minimum atomic E-state index is 0.0180. The lowest BCUT2D eigenvalue weighted by Crippen LogP contribution is -2.32. The highest BCUT2D eigenvalue weighted by molar-refractivity contribution is 4.79. The van der Waals surface area contributed by atoms with Gasteiger partial charge in [-0.15, -0.1) is 0 Å². The summed E-state index contributed by atoms with van der Waals surface area (Å²) in [6, 6.07) is 0. The van der Waals surface area contributed by atoms with E-state index in [2.05, 4.69) is 33.0 Å². The average molecular weight is 201 g/mol. The normalized spacial score (nSPS) is 16.7. The summed E-state index contributed by atoms with van der Waals surface area (Å²) in [7, 11) is 3.82. The molecular formula is C12H27NO. The molecule has 0 aliphatic rings. The van der Waals surface area contributed by atoms with Crippen LogP contribution in [0.2, 0.25) is 0 Å². The Morgan fingerprint density at radius 1 is 1.14 bits per heavy atom. The molecule has 0 aliphatic carbocycles. The van der Waals surface area contributed by atoms with Gasteiger partial charge in [-0.2, -0.15) is 0 Å². The van der Waals surface area contributed by atoms with E-state index in [1.165, 1.54) is 12.8 Å². The lowest BCUT2D eigenvalue weighted by molar-refractivity contribution is 0.00445. The third kappa shape index (κ3) is 4.97. The van der Waals surface area contributed by atoms with Crippen LogP contribution in [0.4, 0.5) is 0 Å². The zero-order valence-corrected chi connectivity index (χ0v) is 10.7. The standard InChI is InChI=1S/C12H27NO/c1-7-12(4,10-13-5)9-8-11(2,3)14-6/h13H,7-10H2,1-6H3. The first-order chi connectivity index (χ1) is 6.39. The van der Waals surface area contributed by atoms with Crippen molar-refractivity contribution in [2.45, 2.75) is 52.6 Å². The Bertz CT molecular complexity index is 156. The molecule has 1 atom stereocenters. The summed E-state index contributed by atoms with van der Waals surface area (Å²) in [4.78, 5) is 0. The lowest BCUT2D eigenvalue weighted by Gasteiger charge is -2.32. The number of hydrogen-bond donors (Lipinski definition) is 1. The molecule has 1 N–H and O–H groups in total. The van der Waals surface area contributed by atoms with Crippen molar-refractivity contribution in [3.8, 4) is 0 Å². The zero-order valence-electron chi connectivity index (χ0n) is 10.7. The van der Waals surface area contributed by atoms with E-state index in [0.717, 1.165) is 13.0 Å². The van der Waals surface area contributed by atoms with Crippen molar-refractivity contribution in [2.24, 2.45) is 5.41 Å². The van der Waals surface area contributed by atoms with E-state index in [1.54, 1.807) is 7.11 Å². The van der Waals surface area contributed by atoms with E-state index in [4.69, 9.17) is 4.74 Å². The molecule has 0 radical (unpaired) electrons. The van der Waals surface area contributed by atoms with Gasteiger partial charge in [0.1, 0.15) is 0 Å². The Balaban J connectivity index is 4.06. The van der Waals surface area contributed by atoms with E-state index in [1.807, 2.05) is 7.05 Å². The lowest BCUT2D eigenvalue weighted by atomic mass is 9.80. The van der Waals surface area contributed by atoms with Gasteiger partial charge >= 0.3 is 0 Å². The first-order valence-electron chi connectivity index (χ1n) is 5.59. The van der Waals surface area contributed by atoms with Gasteiger partial charge in [-0.05, 0) is 45.6 Å². The maximum absolute atomic E-state index is 5.44. The number of rotatable bonds is 7. The van der Waals surface area contributed by atoms with E-state index in [9.17, 15) is 0 Å². The Kier molecular flexibility index (Phi) is 5.68. The number of ether oxygens (including phenoxy) is 1. The fourth-order valence-electron chi connectivity index (χ4n) is 1.52. The molecule has 0 spiro atoms. The SMILES string of the molecule is CCC(C)(CCC(C)(C)OC)CNC. The zero-order chi connectivity index (χ0) is 11.2. The molecule has 0 aromatic rings. The number of methoxy groups -OCH3 is 1.